The molecule has 0 atom stereocenters. The Kier molecular flexibility index (Phi) is 3.14. The van der Waals surface area contributed by atoms with E-state index in [1.165, 1.54) is 6.07 Å². The Morgan fingerprint density at radius 2 is 2.13 bits per heavy atom. The van der Waals surface area contributed by atoms with E-state index in [1.54, 1.807) is 6.07 Å². The van der Waals surface area contributed by atoms with E-state index in [1.807, 2.05) is 0 Å². The fraction of sp³-hybridized carbons (Fsp3) is 0.222. The van der Waals surface area contributed by atoms with Crippen LogP contribution in [0.15, 0.2) is 6.07 Å². The molecule has 1 aromatic heterocycles. The Morgan fingerprint density at radius 1 is 1.47 bits per heavy atom. The Hall–Kier alpha value is -2.21. The summed E-state index contributed by atoms with van der Waals surface area (Å²) in [7, 11) is 0. The van der Waals surface area contributed by atoms with Gasteiger partial charge >= 0.3 is 0 Å². The molecule has 1 rings (SSSR count). The van der Waals surface area contributed by atoms with Crippen molar-refractivity contribution in [1.29, 1.82) is 10.5 Å². The smallest absolute Gasteiger partial charge is 0.267 e. The number of hydrogen-bond acceptors (Lipinski definition) is 4. The van der Waals surface area contributed by atoms with Crippen LogP contribution in [0, 0.1) is 22.7 Å². The third-order valence-electron chi connectivity index (χ3n) is 1.68. The van der Waals surface area contributed by atoms with E-state index >= 15 is 0 Å². The second-order valence-corrected chi connectivity index (χ2v) is 2.65. The van der Waals surface area contributed by atoms with E-state index in [2.05, 4.69) is 4.98 Å². The second kappa shape index (κ2) is 4.34. The summed E-state index contributed by atoms with van der Waals surface area (Å²) in [5.41, 5.74) is -1.12. The van der Waals surface area contributed by atoms with Crippen LogP contribution >= 0.6 is 0 Å². The van der Waals surface area contributed by atoms with E-state index in [9.17, 15) is 13.9 Å². The summed E-state index contributed by atoms with van der Waals surface area (Å²) in [4.78, 5) is 3.56. The Labute approximate surface area is 84.0 Å². The number of pyridine rings is 1. The van der Waals surface area contributed by atoms with Crippen molar-refractivity contribution in [3.05, 3.63) is 23.0 Å². The minimum absolute atomic E-state index is 0.0437. The van der Waals surface area contributed by atoms with Gasteiger partial charge in [0, 0.05) is 0 Å². The van der Waals surface area contributed by atoms with Crippen molar-refractivity contribution in [3.8, 4) is 17.9 Å². The van der Waals surface area contributed by atoms with Crippen LogP contribution in [0.3, 0.4) is 0 Å². The van der Waals surface area contributed by atoms with E-state index in [4.69, 9.17) is 10.5 Å². The molecule has 0 bridgehead atoms. The summed E-state index contributed by atoms with van der Waals surface area (Å²) in [6.07, 6.45) is -3.09. The number of nitriles is 2. The molecule has 1 N–H and O–H groups in total. The molecule has 0 spiro atoms. The number of aromatic nitrogens is 1. The summed E-state index contributed by atoms with van der Waals surface area (Å²) in [5, 5.41) is 26.1. The Balaban J connectivity index is 3.35. The first-order chi connectivity index (χ1) is 7.10. The first kappa shape index (κ1) is 10.9. The lowest BCUT2D eigenvalue weighted by Gasteiger charge is -2.05. The molecule has 0 radical (unpaired) electrons. The maximum Gasteiger partial charge on any atom is 0.267 e. The van der Waals surface area contributed by atoms with Crippen LogP contribution in [0.5, 0.6) is 5.75 Å². The number of alkyl halides is 2. The maximum atomic E-state index is 12.4. The summed E-state index contributed by atoms with van der Waals surface area (Å²) in [5.74, 6) is -0.825. The topological polar surface area (TPSA) is 80.7 Å². The van der Waals surface area contributed by atoms with Crippen molar-refractivity contribution in [2.45, 2.75) is 12.8 Å². The molecule has 1 heterocycles. The zero-order valence-corrected chi connectivity index (χ0v) is 7.41. The minimum Gasteiger partial charge on any atom is -0.505 e. The highest BCUT2D eigenvalue weighted by atomic mass is 19.3. The van der Waals surface area contributed by atoms with Crippen LogP contribution in [0.1, 0.15) is 23.4 Å². The number of nitrogens with zero attached hydrogens (tertiary/aromatic N) is 3. The van der Waals surface area contributed by atoms with Crippen molar-refractivity contribution < 1.29 is 13.9 Å². The highest BCUT2D eigenvalue weighted by Gasteiger charge is 2.18. The first-order valence-electron chi connectivity index (χ1n) is 3.88. The van der Waals surface area contributed by atoms with Gasteiger partial charge in [0.1, 0.15) is 6.07 Å². The normalized spacial score (nSPS) is 9.67. The number of hydrogen-bond donors (Lipinski definition) is 1. The highest BCUT2D eigenvalue weighted by Crippen LogP contribution is 2.30. The van der Waals surface area contributed by atoms with Crippen LogP contribution in [-0.2, 0) is 6.42 Å². The summed E-state index contributed by atoms with van der Waals surface area (Å²) >= 11 is 0. The van der Waals surface area contributed by atoms with Gasteiger partial charge in [-0.2, -0.15) is 10.5 Å². The lowest BCUT2D eigenvalue weighted by atomic mass is 10.1. The van der Waals surface area contributed by atoms with Gasteiger partial charge in [-0.1, -0.05) is 0 Å². The van der Waals surface area contributed by atoms with Gasteiger partial charge in [-0.05, 0) is 6.07 Å². The van der Waals surface area contributed by atoms with Crippen LogP contribution in [0.4, 0.5) is 8.78 Å². The third kappa shape index (κ3) is 2.18. The molecule has 4 nitrogen and oxygen atoms in total. The summed E-state index contributed by atoms with van der Waals surface area (Å²) in [6, 6.07) is 4.13. The van der Waals surface area contributed by atoms with Crippen LogP contribution in [-0.4, -0.2) is 10.1 Å². The molecule has 0 saturated heterocycles. The van der Waals surface area contributed by atoms with Gasteiger partial charge in [-0.3, -0.25) is 0 Å². The van der Waals surface area contributed by atoms with Crippen LogP contribution in [0.25, 0.3) is 0 Å². The zero-order chi connectivity index (χ0) is 11.4. The van der Waals surface area contributed by atoms with E-state index < -0.39 is 23.4 Å². The van der Waals surface area contributed by atoms with Gasteiger partial charge in [0.15, 0.2) is 11.4 Å². The maximum absolute atomic E-state index is 12.4. The third-order valence-corrected chi connectivity index (χ3v) is 1.68. The average Bonchev–Trinajstić information content (AvgIpc) is 2.20. The average molecular weight is 209 g/mol. The van der Waals surface area contributed by atoms with Crippen molar-refractivity contribution in [1.82, 2.24) is 4.98 Å². The molecular weight excluding hydrogens is 204 g/mol. The summed E-state index contributed by atoms with van der Waals surface area (Å²) < 4.78 is 24.8. The predicted octanol–water partition coefficient (Wildman–Crippen LogP) is 1.66. The number of rotatable bonds is 2. The first-order valence-corrected chi connectivity index (χ1v) is 3.88. The molecule has 0 aliphatic heterocycles. The quantitative estimate of drug-likeness (QED) is 0.803. The zero-order valence-electron chi connectivity index (χ0n) is 7.41. The van der Waals surface area contributed by atoms with Gasteiger partial charge in [0.2, 0.25) is 0 Å². The SMILES string of the molecule is N#CCc1cc(C(F)F)c(O)c(C#N)n1. The largest absolute Gasteiger partial charge is 0.505 e. The molecule has 0 saturated carbocycles. The molecular formula is C9H5F2N3O. The summed E-state index contributed by atoms with van der Waals surface area (Å²) in [6.45, 7) is 0. The highest BCUT2D eigenvalue weighted by molar-refractivity contribution is 5.45. The molecule has 0 aromatic carbocycles. The predicted molar refractivity (Wildman–Crippen MR) is 44.9 cm³/mol. The second-order valence-electron chi connectivity index (χ2n) is 2.65. The fourth-order valence-electron chi connectivity index (χ4n) is 1.03. The minimum atomic E-state index is -2.91. The van der Waals surface area contributed by atoms with E-state index in [0.717, 1.165) is 6.07 Å². The van der Waals surface area contributed by atoms with Gasteiger partial charge in [-0.25, -0.2) is 13.8 Å². The number of aromatic hydroxyl groups is 1. The van der Waals surface area contributed by atoms with Crippen LogP contribution < -0.4 is 0 Å². The molecule has 15 heavy (non-hydrogen) atoms. The number of halogens is 2. The Morgan fingerprint density at radius 3 is 2.60 bits per heavy atom. The van der Waals surface area contributed by atoms with Gasteiger partial charge < -0.3 is 5.11 Å². The molecule has 0 aliphatic rings. The van der Waals surface area contributed by atoms with Gasteiger partial charge in [0.05, 0.1) is 23.7 Å². The van der Waals surface area contributed by atoms with E-state index in [-0.39, 0.29) is 12.1 Å². The molecule has 6 heteroatoms. The van der Waals surface area contributed by atoms with Gasteiger partial charge in [0.25, 0.3) is 6.43 Å². The molecule has 0 fully saturated rings. The molecule has 0 unspecified atom stereocenters. The Bertz CT molecular complexity index is 460. The molecule has 0 amide bonds. The van der Waals surface area contributed by atoms with Crippen molar-refractivity contribution in [2.75, 3.05) is 0 Å². The lowest BCUT2D eigenvalue weighted by Crippen LogP contribution is -1.97. The standard InChI is InChI=1S/C9H5F2N3O/c10-9(11)6-3-5(1-2-12)14-7(4-13)8(6)15/h3,9,15H,1H2. The molecule has 76 valence electrons. The van der Waals surface area contributed by atoms with E-state index in [0.29, 0.717) is 0 Å². The van der Waals surface area contributed by atoms with Crippen molar-refractivity contribution in [2.24, 2.45) is 0 Å². The van der Waals surface area contributed by atoms with Gasteiger partial charge in [-0.15, -0.1) is 0 Å². The fourth-order valence-corrected chi connectivity index (χ4v) is 1.03. The monoisotopic (exact) mass is 209 g/mol. The van der Waals surface area contributed by atoms with Crippen molar-refractivity contribution in [3.63, 3.8) is 0 Å². The molecule has 0 aliphatic carbocycles. The van der Waals surface area contributed by atoms with Crippen molar-refractivity contribution >= 4 is 0 Å². The van der Waals surface area contributed by atoms with Crippen LogP contribution in [0.2, 0.25) is 0 Å². The lowest BCUT2D eigenvalue weighted by molar-refractivity contribution is 0.147. The molecule has 1 aromatic rings.